The van der Waals surface area contributed by atoms with Crippen molar-refractivity contribution < 1.29 is 4.79 Å². The van der Waals surface area contributed by atoms with Crippen LogP contribution < -0.4 is 5.73 Å². The molecule has 1 aliphatic heterocycles. The van der Waals surface area contributed by atoms with Crippen LogP contribution in [-0.2, 0) is 0 Å². The standard InChI is InChI=1S/C14H22N4O/c1-9(2)18-6-4-5-11(8-18)14-16-7-12(13(15)19)10(3)17-14/h7,9,11H,4-6,8H2,1-3H3,(H2,15,19)/t11-/m1/s1. The molecule has 1 aliphatic rings. The van der Waals surface area contributed by atoms with Crippen molar-refractivity contribution in [1.82, 2.24) is 14.9 Å². The molecule has 0 radical (unpaired) electrons. The lowest BCUT2D eigenvalue weighted by Gasteiger charge is -2.34. The minimum atomic E-state index is -0.462. The highest BCUT2D eigenvalue weighted by Gasteiger charge is 2.25. The van der Waals surface area contributed by atoms with Crippen LogP contribution in [0.5, 0.6) is 0 Å². The molecule has 0 aliphatic carbocycles. The number of nitrogens with zero attached hydrogens (tertiary/aromatic N) is 3. The summed E-state index contributed by atoms with van der Waals surface area (Å²) in [6.45, 7) is 8.38. The van der Waals surface area contributed by atoms with Gasteiger partial charge in [-0.05, 0) is 40.2 Å². The summed E-state index contributed by atoms with van der Waals surface area (Å²) in [6, 6.07) is 0.550. The predicted octanol–water partition coefficient (Wildman–Crippen LogP) is 1.47. The fourth-order valence-corrected chi connectivity index (χ4v) is 2.61. The molecule has 19 heavy (non-hydrogen) atoms. The number of nitrogens with two attached hydrogens (primary N) is 1. The highest BCUT2D eigenvalue weighted by Crippen LogP contribution is 2.25. The van der Waals surface area contributed by atoms with Crippen molar-refractivity contribution >= 4 is 5.91 Å². The monoisotopic (exact) mass is 262 g/mol. The quantitative estimate of drug-likeness (QED) is 0.895. The molecule has 104 valence electrons. The van der Waals surface area contributed by atoms with Gasteiger partial charge in [-0.2, -0.15) is 0 Å². The van der Waals surface area contributed by atoms with Crippen molar-refractivity contribution in [2.45, 2.75) is 45.6 Å². The number of carbonyl (C=O) groups is 1. The van der Waals surface area contributed by atoms with Crippen molar-refractivity contribution in [3.63, 3.8) is 0 Å². The second kappa shape index (κ2) is 5.65. The minimum Gasteiger partial charge on any atom is -0.365 e. The summed E-state index contributed by atoms with van der Waals surface area (Å²) < 4.78 is 0. The van der Waals surface area contributed by atoms with Crippen LogP contribution in [0.1, 0.15) is 54.5 Å². The van der Waals surface area contributed by atoms with Gasteiger partial charge < -0.3 is 10.6 Å². The van der Waals surface area contributed by atoms with Gasteiger partial charge in [0, 0.05) is 24.7 Å². The predicted molar refractivity (Wildman–Crippen MR) is 74.0 cm³/mol. The van der Waals surface area contributed by atoms with E-state index < -0.39 is 5.91 Å². The van der Waals surface area contributed by atoms with E-state index in [0.717, 1.165) is 25.3 Å². The Bertz CT molecular complexity index is 473. The van der Waals surface area contributed by atoms with Crippen LogP contribution in [0, 0.1) is 6.92 Å². The van der Waals surface area contributed by atoms with Gasteiger partial charge in [0.1, 0.15) is 5.82 Å². The molecule has 2 rings (SSSR count). The van der Waals surface area contributed by atoms with Crippen LogP contribution in [-0.4, -0.2) is 39.9 Å². The lowest BCUT2D eigenvalue weighted by atomic mass is 9.96. The summed E-state index contributed by atoms with van der Waals surface area (Å²) in [4.78, 5) is 22.5. The molecule has 5 heteroatoms. The van der Waals surface area contributed by atoms with Crippen molar-refractivity contribution in [1.29, 1.82) is 0 Å². The second-order valence-corrected chi connectivity index (χ2v) is 5.52. The van der Waals surface area contributed by atoms with Gasteiger partial charge in [0.15, 0.2) is 0 Å². The fourth-order valence-electron chi connectivity index (χ4n) is 2.61. The Morgan fingerprint density at radius 1 is 1.53 bits per heavy atom. The Hall–Kier alpha value is -1.49. The Labute approximate surface area is 114 Å². The van der Waals surface area contributed by atoms with Gasteiger partial charge >= 0.3 is 0 Å². The lowest BCUT2D eigenvalue weighted by Crippen LogP contribution is -2.39. The lowest BCUT2D eigenvalue weighted by molar-refractivity contribution is 0.0998. The summed E-state index contributed by atoms with van der Waals surface area (Å²) >= 11 is 0. The number of amides is 1. The molecule has 1 aromatic heterocycles. The number of hydrogen-bond acceptors (Lipinski definition) is 4. The molecule has 2 N–H and O–H groups in total. The second-order valence-electron chi connectivity index (χ2n) is 5.52. The Kier molecular flexibility index (Phi) is 4.14. The smallest absolute Gasteiger partial charge is 0.252 e. The largest absolute Gasteiger partial charge is 0.365 e. The Morgan fingerprint density at radius 3 is 2.84 bits per heavy atom. The van der Waals surface area contributed by atoms with E-state index in [1.165, 1.54) is 6.42 Å². The fraction of sp³-hybridized carbons (Fsp3) is 0.643. The molecule has 1 saturated heterocycles. The maximum absolute atomic E-state index is 11.2. The first-order valence-electron chi connectivity index (χ1n) is 6.86. The van der Waals surface area contributed by atoms with Crippen LogP contribution in [0.3, 0.4) is 0 Å². The Balaban J connectivity index is 2.18. The highest BCUT2D eigenvalue weighted by molar-refractivity contribution is 5.93. The summed E-state index contributed by atoms with van der Waals surface area (Å²) in [5.74, 6) is 0.737. The third-order valence-corrected chi connectivity index (χ3v) is 3.81. The zero-order valence-corrected chi connectivity index (χ0v) is 11.9. The molecule has 0 saturated carbocycles. The summed E-state index contributed by atoms with van der Waals surface area (Å²) in [5.41, 5.74) is 6.37. The number of aromatic nitrogens is 2. The van der Waals surface area contributed by atoms with Gasteiger partial charge in [-0.1, -0.05) is 0 Å². The van der Waals surface area contributed by atoms with Crippen molar-refractivity contribution in [3.05, 3.63) is 23.3 Å². The topological polar surface area (TPSA) is 72.1 Å². The first-order valence-corrected chi connectivity index (χ1v) is 6.86. The van der Waals surface area contributed by atoms with E-state index in [-0.39, 0.29) is 0 Å². The van der Waals surface area contributed by atoms with E-state index in [0.29, 0.717) is 23.2 Å². The van der Waals surface area contributed by atoms with Crippen molar-refractivity contribution in [2.75, 3.05) is 13.1 Å². The normalized spacial score (nSPS) is 20.7. The molecule has 1 fully saturated rings. The number of carbonyl (C=O) groups excluding carboxylic acids is 1. The zero-order valence-electron chi connectivity index (χ0n) is 11.9. The molecule has 0 spiro atoms. The molecular weight excluding hydrogens is 240 g/mol. The third kappa shape index (κ3) is 3.10. The van der Waals surface area contributed by atoms with E-state index >= 15 is 0 Å². The van der Waals surface area contributed by atoms with Gasteiger partial charge in [-0.15, -0.1) is 0 Å². The van der Waals surface area contributed by atoms with Gasteiger partial charge in [0.05, 0.1) is 11.3 Å². The van der Waals surface area contributed by atoms with E-state index in [4.69, 9.17) is 5.73 Å². The molecule has 2 heterocycles. The van der Waals surface area contributed by atoms with Crippen LogP contribution in [0.2, 0.25) is 0 Å². The van der Waals surface area contributed by atoms with Gasteiger partial charge in [0.25, 0.3) is 5.91 Å². The number of hydrogen-bond donors (Lipinski definition) is 1. The number of primary amides is 1. The molecular formula is C14H22N4O. The van der Waals surface area contributed by atoms with E-state index in [1.54, 1.807) is 6.20 Å². The summed E-state index contributed by atoms with van der Waals surface area (Å²) in [6.07, 6.45) is 3.84. The van der Waals surface area contributed by atoms with Crippen LogP contribution in [0.15, 0.2) is 6.20 Å². The molecule has 0 unspecified atom stereocenters. The van der Waals surface area contributed by atoms with Crippen molar-refractivity contribution in [3.8, 4) is 0 Å². The van der Waals surface area contributed by atoms with E-state index in [9.17, 15) is 4.79 Å². The van der Waals surface area contributed by atoms with Crippen LogP contribution >= 0.6 is 0 Å². The maximum Gasteiger partial charge on any atom is 0.252 e. The van der Waals surface area contributed by atoms with Gasteiger partial charge in [-0.3, -0.25) is 4.79 Å². The molecule has 5 nitrogen and oxygen atoms in total. The average Bonchev–Trinajstić information content (AvgIpc) is 2.38. The minimum absolute atomic E-state index is 0.358. The number of likely N-dealkylation sites (tertiary alicyclic amines) is 1. The summed E-state index contributed by atoms with van der Waals surface area (Å²) in [5, 5.41) is 0. The Morgan fingerprint density at radius 2 is 2.26 bits per heavy atom. The number of rotatable bonds is 3. The third-order valence-electron chi connectivity index (χ3n) is 3.81. The maximum atomic E-state index is 11.2. The first-order chi connectivity index (χ1) is 8.99. The van der Waals surface area contributed by atoms with E-state index in [1.807, 2.05) is 6.92 Å². The van der Waals surface area contributed by atoms with E-state index in [2.05, 4.69) is 28.7 Å². The van der Waals surface area contributed by atoms with Crippen molar-refractivity contribution in [2.24, 2.45) is 5.73 Å². The summed E-state index contributed by atoms with van der Waals surface area (Å²) in [7, 11) is 0. The molecule has 1 atom stereocenters. The average molecular weight is 262 g/mol. The molecule has 1 amide bonds. The van der Waals surface area contributed by atoms with Gasteiger partial charge in [0.2, 0.25) is 0 Å². The molecule has 0 aromatic carbocycles. The number of piperidine rings is 1. The molecule has 1 aromatic rings. The van der Waals surface area contributed by atoms with Gasteiger partial charge in [-0.25, -0.2) is 9.97 Å². The zero-order chi connectivity index (χ0) is 14.0. The van der Waals surface area contributed by atoms with Crippen LogP contribution in [0.25, 0.3) is 0 Å². The molecule has 0 bridgehead atoms. The number of aryl methyl sites for hydroxylation is 1. The van der Waals surface area contributed by atoms with Crippen LogP contribution in [0.4, 0.5) is 0 Å². The SMILES string of the molecule is Cc1nc([C@@H]2CCCN(C(C)C)C2)ncc1C(N)=O. The first kappa shape index (κ1) is 13.9. The highest BCUT2D eigenvalue weighted by atomic mass is 16.1.